The fraction of sp³-hybridized carbons (Fsp3) is 0.0909. The van der Waals surface area contributed by atoms with E-state index in [0.29, 0.717) is 0 Å². The lowest BCUT2D eigenvalue weighted by Crippen LogP contribution is -1.78. The normalized spacial score (nSPS) is 10.2. The van der Waals surface area contributed by atoms with Crippen molar-refractivity contribution in [3.63, 3.8) is 0 Å². The summed E-state index contributed by atoms with van der Waals surface area (Å²) in [5.41, 5.74) is 2.26. The first-order chi connectivity index (χ1) is 6.40. The molecule has 0 spiro atoms. The Hall–Kier alpha value is -1.15. The SMILES string of the molecule is C[CH]c1nc(-c2ccccc2)cs1. The Kier molecular flexibility index (Phi) is 2.41. The van der Waals surface area contributed by atoms with Crippen molar-refractivity contribution < 1.29 is 0 Å². The highest BCUT2D eigenvalue weighted by molar-refractivity contribution is 7.10. The molecule has 0 amide bonds. The maximum absolute atomic E-state index is 4.46. The second-order valence-electron chi connectivity index (χ2n) is 2.73. The molecular formula is C11H10NS. The maximum atomic E-state index is 4.46. The summed E-state index contributed by atoms with van der Waals surface area (Å²) in [5.74, 6) is 0. The van der Waals surface area contributed by atoms with Crippen molar-refractivity contribution in [3.05, 3.63) is 47.1 Å². The van der Waals surface area contributed by atoms with E-state index in [1.54, 1.807) is 11.3 Å². The average molecular weight is 188 g/mol. The van der Waals surface area contributed by atoms with E-state index in [0.717, 1.165) is 10.7 Å². The first-order valence-corrected chi connectivity index (χ1v) is 5.08. The second kappa shape index (κ2) is 3.71. The lowest BCUT2D eigenvalue weighted by Gasteiger charge is -1.93. The van der Waals surface area contributed by atoms with Gasteiger partial charge in [0.05, 0.1) is 10.7 Å². The van der Waals surface area contributed by atoms with Crippen molar-refractivity contribution in [2.45, 2.75) is 6.92 Å². The van der Waals surface area contributed by atoms with Gasteiger partial charge >= 0.3 is 0 Å². The Morgan fingerprint density at radius 1 is 1.23 bits per heavy atom. The van der Waals surface area contributed by atoms with Crippen LogP contribution >= 0.6 is 11.3 Å². The molecule has 1 nitrogen and oxygen atoms in total. The summed E-state index contributed by atoms with van der Waals surface area (Å²) in [6.45, 7) is 2.01. The third-order valence-corrected chi connectivity index (χ3v) is 2.75. The molecule has 0 N–H and O–H groups in total. The second-order valence-corrected chi connectivity index (χ2v) is 3.62. The van der Waals surface area contributed by atoms with Gasteiger partial charge in [-0.3, -0.25) is 0 Å². The fourth-order valence-corrected chi connectivity index (χ4v) is 1.87. The summed E-state index contributed by atoms with van der Waals surface area (Å²) in [5, 5.41) is 3.17. The van der Waals surface area contributed by atoms with Gasteiger partial charge in [-0.25, -0.2) is 4.98 Å². The van der Waals surface area contributed by atoms with Crippen molar-refractivity contribution in [3.8, 4) is 11.3 Å². The van der Waals surface area contributed by atoms with Gasteiger partial charge in [-0.2, -0.15) is 0 Å². The van der Waals surface area contributed by atoms with E-state index in [1.165, 1.54) is 5.56 Å². The minimum Gasteiger partial charge on any atom is -0.241 e. The molecule has 2 aromatic rings. The number of thiazole rings is 1. The van der Waals surface area contributed by atoms with Gasteiger partial charge in [0.2, 0.25) is 0 Å². The van der Waals surface area contributed by atoms with Crippen LogP contribution in [0.5, 0.6) is 0 Å². The van der Waals surface area contributed by atoms with Gasteiger partial charge < -0.3 is 0 Å². The molecule has 0 saturated carbocycles. The third kappa shape index (κ3) is 1.78. The van der Waals surface area contributed by atoms with Crippen LogP contribution in [-0.2, 0) is 0 Å². The van der Waals surface area contributed by atoms with Crippen LogP contribution in [0.1, 0.15) is 11.9 Å². The highest BCUT2D eigenvalue weighted by Crippen LogP contribution is 2.21. The van der Waals surface area contributed by atoms with Crippen LogP contribution in [0.2, 0.25) is 0 Å². The van der Waals surface area contributed by atoms with Gasteiger partial charge in [-0.15, -0.1) is 11.3 Å². The van der Waals surface area contributed by atoms with E-state index in [1.807, 2.05) is 31.5 Å². The Labute approximate surface area is 82.1 Å². The Morgan fingerprint density at radius 2 is 2.00 bits per heavy atom. The minimum absolute atomic E-state index is 1.07. The van der Waals surface area contributed by atoms with Gasteiger partial charge in [0, 0.05) is 17.4 Å². The van der Waals surface area contributed by atoms with Crippen molar-refractivity contribution in [1.82, 2.24) is 4.98 Å². The zero-order valence-corrected chi connectivity index (χ0v) is 8.21. The summed E-state index contributed by atoms with van der Waals surface area (Å²) < 4.78 is 0. The molecule has 0 bridgehead atoms. The predicted molar refractivity (Wildman–Crippen MR) is 56.6 cm³/mol. The molecule has 0 atom stereocenters. The Morgan fingerprint density at radius 3 is 2.62 bits per heavy atom. The molecule has 0 aliphatic heterocycles. The van der Waals surface area contributed by atoms with Crippen LogP contribution in [0.25, 0.3) is 11.3 Å². The number of hydrogen-bond donors (Lipinski definition) is 0. The van der Waals surface area contributed by atoms with Crippen LogP contribution < -0.4 is 0 Å². The highest BCUT2D eigenvalue weighted by Gasteiger charge is 2.01. The Balaban J connectivity index is 2.36. The van der Waals surface area contributed by atoms with E-state index in [-0.39, 0.29) is 0 Å². The number of hydrogen-bond acceptors (Lipinski definition) is 2. The van der Waals surface area contributed by atoms with Crippen molar-refractivity contribution in [2.24, 2.45) is 0 Å². The van der Waals surface area contributed by atoms with Crippen LogP contribution in [-0.4, -0.2) is 4.98 Å². The van der Waals surface area contributed by atoms with Gasteiger partial charge in [0.15, 0.2) is 0 Å². The van der Waals surface area contributed by atoms with Gasteiger partial charge in [0.1, 0.15) is 0 Å². The Bertz CT molecular complexity index is 378. The third-order valence-electron chi connectivity index (χ3n) is 1.84. The van der Waals surface area contributed by atoms with Crippen molar-refractivity contribution in [1.29, 1.82) is 0 Å². The van der Waals surface area contributed by atoms with E-state index in [2.05, 4.69) is 22.5 Å². The van der Waals surface area contributed by atoms with E-state index >= 15 is 0 Å². The number of aromatic nitrogens is 1. The molecule has 0 saturated heterocycles. The summed E-state index contributed by atoms with van der Waals surface area (Å²) in [4.78, 5) is 4.46. The molecule has 65 valence electrons. The molecule has 2 rings (SSSR count). The maximum Gasteiger partial charge on any atom is 0.0967 e. The molecule has 0 aliphatic carbocycles. The summed E-state index contributed by atoms with van der Waals surface area (Å²) >= 11 is 1.68. The molecule has 1 aromatic carbocycles. The van der Waals surface area contributed by atoms with Crippen LogP contribution in [0.3, 0.4) is 0 Å². The van der Waals surface area contributed by atoms with E-state index < -0.39 is 0 Å². The summed E-state index contributed by atoms with van der Waals surface area (Å²) in [6.07, 6.45) is 2.02. The van der Waals surface area contributed by atoms with Gasteiger partial charge in [-0.05, 0) is 0 Å². The number of rotatable bonds is 2. The van der Waals surface area contributed by atoms with E-state index in [4.69, 9.17) is 0 Å². The summed E-state index contributed by atoms with van der Waals surface area (Å²) in [6, 6.07) is 10.2. The smallest absolute Gasteiger partial charge is 0.0967 e. The highest BCUT2D eigenvalue weighted by atomic mass is 32.1. The van der Waals surface area contributed by atoms with Crippen LogP contribution in [0, 0.1) is 6.42 Å². The molecular weight excluding hydrogens is 178 g/mol. The molecule has 0 fully saturated rings. The monoisotopic (exact) mass is 188 g/mol. The minimum atomic E-state index is 1.07. The lowest BCUT2D eigenvalue weighted by atomic mass is 10.2. The first-order valence-electron chi connectivity index (χ1n) is 4.20. The van der Waals surface area contributed by atoms with Crippen molar-refractivity contribution >= 4 is 11.3 Å². The molecule has 1 heterocycles. The molecule has 13 heavy (non-hydrogen) atoms. The molecule has 1 radical (unpaired) electrons. The van der Waals surface area contributed by atoms with Gasteiger partial charge in [-0.1, -0.05) is 37.3 Å². The topological polar surface area (TPSA) is 12.9 Å². The fourth-order valence-electron chi connectivity index (χ4n) is 1.16. The zero-order chi connectivity index (χ0) is 9.10. The molecule has 1 aromatic heterocycles. The average Bonchev–Trinajstić information content (AvgIpc) is 2.67. The molecule has 0 unspecified atom stereocenters. The largest absolute Gasteiger partial charge is 0.241 e. The number of benzene rings is 1. The standard InChI is InChI=1S/C11H10NS/c1-2-11-12-10(8-13-11)9-6-4-3-5-7-9/h2-8H,1H3. The van der Waals surface area contributed by atoms with Crippen LogP contribution in [0.15, 0.2) is 35.7 Å². The van der Waals surface area contributed by atoms with Crippen molar-refractivity contribution in [2.75, 3.05) is 0 Å². The summed E-state index contributed by atoms with van der Waals surface area (Å²) in [7, 11) is 0. The molecule has 2 heteroatoms. The molecule has 0 aliphatic rings. The number of nitrogens with zero attached hydrogens (tertiary/aromatic N) is 1. The van der Waals surface area contributed by atoms with Crippen LogP contribution in [0.4, 0.5) is 0 Å². The zero-order valence-electron chi connectivity index (χ0n) is 7.40. The lowest BCUT2D eigenvalue weighted by molar-refractivity contribution is 1.29. The van der Waals surface area contributed by atoms with Gasteiger partial charge in [0.25, 0.3) is 0 Å². The van der Waals surface area contributed by atoms with E-state index in [9.17, 15) is 0 Å². The predicted octanol–water partition coefficient (Wildman–Crippen LogP) is 3.38. The first kappa shape index (κ1) is 8.45. The quantitative estimate of drug-likeness (QED) is 0.704.